The molecule has 5 nitrogen and oxygen atoms in total. The van der Waals surface area contributed by atoms with Crippen LogP contribution in [0.3, 0.4) is 0 Å². The first kappa shape index (κ1) is 13.0. The lowest BCUT2D eigenvalue weighted by molar-refractivity contribution is -0.139. The zero-order valence-corrected chi connectivity index (χ0v) is 10.1. The largest absolute Gasteiger partial charge is 0.391 e. The Labute approximate surface area is 95.8 Å². The summed E-state index contributed by atoms with van der Waals surface area (Å²) >= 11 is 0. The van der Waals surface area contributed by atoms with Gasteiger partial charge >= 0.3 is 0 Å². The van der Waals surface area contributed by atoms with Crippen LogP contribution >= 0.6 is 0 Å². The molecule has 16 heavy (non-hydrogen) atoms. The molecule has 0 saturated carbocycles. The molecule has 2 amide bonds. The minimum Gasteiger partial charge on any atom is -0.391 e. The van der Waals surface area contributed by atoms with Crippen molar-refractivity contribution >= 4 is 11.8 Å². The first-order valence-electron chi connectivity index (χ1n) is 5.65. The quantitative estimate of drug-likeness (QED) is 0.684. The molecule has 0 aromatic carbocycles. The number of rotatable bonds is 2. The van der Waals surface area contributed by atoms with Crippen LogP contribution < -0.4 is 5.32 Å². The number of hydrogen-bond acceptors (Lipinski definition) is 3. The predicted molar refractivity (Wildman–Crippen MR) is 59.6 cm³/mol. The first-order chi connectivity index (χ1) is 7.41. The predicted octanol–water partition coefficient (Wildman–Crippen LogP) is -0.260. The third-order valence-electron chi connectivity index (χ3n) is 3.02. The molecule has 1 rings (SSSR count). The van der Waals surface area contributed by atoms with Gasteiger partial charge in [-0.15, -0.1) is 0 Å². The molecule has 3 unspecified atom stereocenters. The second-order valence-corrected chi connectivity index (χ2v) is 4.54. The van der Waals surface area contributed by atoms with Gasteiger partial charge in [0.25, 0.3) is 0 Å². The van der Waals surface area contributed by atoms with E-state index in [0.717, 1.165) is 6.42 Å². The molecule has 0 radical (unpaired) electrons. The Morgan fingerprint density at radius 3 is 2.62 bits per heavy atom. The van der Waals surface area contributed by atoms with Crippen LogP contribution in [0.4, 0.5) is 0 Å². The number of amides is 2. The van der Waals surface area contributed by atoms with Crippen LogP contribution in [0.15, 0.2) is 0 Å². The van der Waals surface area contributed by atoms with Gasteiger partial charge in [-0.25, -0.2) is 0 Å². The lowest BCUT2D eigenvalue weighted by Crippen LogP contribution is -2.52. The standard InChI is InChI=1S/C11H20N2O3/c1-7-4-5-13(6-10(7)15)11(16)8(2)12-9(3)14/h7-8,10,15H,4-6H2,1-3H3,(H,12,14). The van der Waals surface area contributed by atoms with Gasteiger partial charge in [-0.1, -0.05) is 6.92 Å². The van der Waals surface area contributed by atoms with Crippen LogP contribution in [0.25, 0.3) is 0 Å². The zero-order chi connectivity index (χ0) is 12.3. The highest BCUT2D eigenvalue weighted by molar-refractivity contribution is 5.86. The third kappa shape index (κ3) is 3.20. The molecule has 1 aliphatic heterocycles. The fraction of sp³-hybridized carbons (Fsp3) is 0.818. The van der Waals surface area contributed by atoms with E-state index in [1.165, 1.54) is 6.92 Å². The van der Waals surface area contributed by atoms with Crippen LogP contribution in [0.5, 0.6) is 0 Å². The smallest absolute Gasteiger partial charge is 0.244 e. The maximum absolute atomic E-state index is 11.9. The number of piperidine rings is 1. The molecule has 0 aromatic rings. The Morgan fingerprint density at radius 1 is 1.50 bits per heavy atom. The lowest BCUT2D eigenvalue weighted by atomic mass is 9.95. The van der Waals surface area contributed by atoms with E-state index >= 15 is 0 Å². The summed E-state index contributed by atoms with van der Waals surface area (Å²) in [6, 6.07) is -0.516. The molecule has 0 spiro atoms. The summed E-state index contributed by atoms with van der Waals surface area (Å²) in [5.41, 5.74) is 0. The van der Waals surface area contributed by atoms with E-state index < -0.39 is 12.1 Å². The fourth-order valence-electron chi connectivity index (χ4n) is 1.89. The molecular weight excluding hydrogens is 208 g/mol. The fourth-order valence-corrected chi connectivity index (χ4v) is 1.89. The molecule has 2 N–H and O–H groups in total. The SMILES string of the molecule is CC(=O)NC(C)C(=O)N1CCC(C)C(O)C1. The highest BCUT2D eigenvalue weighted by Crippen LogP contribution is 2.17. The van der Waals surface area contributed by atoms with Crippen molar-refractivity contribution in [1.82, 2.24) is 10.2 Å². The van der Waals surface area contributed by atoms with Gasteiger partial charge in [0.1, 0.15) is 6.04 Å². The van der Waals surface area contributed by atoms with Crippen molar-refractivity contribution < 1.29 is 14.7 Å². The molecular formula is C11H20N2O3. The molecule has 1 aliphatic rings. The molecule has 92 valence electrons. The van der Waals surface area contributed by atoms with Crippen LogP contribution in [0.2, 0.25) is 0 Å². The number of aliphatic hydroxyl groups excluding tert-OH is 1. The van der Waals surface area contributed by atoms with Crippen LogP contribution in [0, 0.1) is 5.92 Å². The van der Waals surface area contributed by atoms with Gasteiger partial charge in [0.2, 0.25) is 11.8 Å². The van der Waals surface area contributed by atoms with Crippen molar-refractivity contribution in [2.45, 2.75) is 39.3 Å². The van der Waals surface area contributed by atoms with Crippen LogP contribution in [0.1, 0.15) is 27.2 Å². The van der Waals surface area contributed by atoms with Crippen molar-refractivity contribution in [2.24, 2.45) is 5.92 Å². The summed E-state index contributed by atoms with van der Waals surface area (Å²) in [4.78, 5) is 24.3. The maximum atomic E-state index is 11.9. The topological polar surface area (TPSA) is 69.6 Å². The monoisotopic (exact) mass is 228 g/mol. The summed E-state index contributed by atoms with van der Waals surface area (Å²) in [5.74, 6) is -0.104. The minimum absolute atomic E-state index is 0.124. The number of carbonyl (C=O) groups is 2. The minimum atomic E-state index is -0.516. The molecule has 0 bridgehead atoms. The summed E-state index contributed by atoms with van der Waals surface area (Å²) in [6.45, 7) is 6.04. The van der Waals surface area contributed by atoms with Gasteiger partial charge in [0.05, 0.1) is 6.10 Å². The Balaban J connectivity index is 2.51. The van der Waals surface area contributed by atoms with Gasteiger partial charge in [-0.3, -0.25) is 9.59 Å². The van der Waals surface area contributed by atoms with Crippen molar-refractivity contribution in [3.8, 4) is 0 Å². The Kier molecular flexibility index (Phi) is 4.29. The van der Waals surface area contributed by atoms with Gasteiger partial charge in [-0.05, 0) is 19.3 Å². The van der Waals surface area contributed by atoms with E-state index in [0.29, 0.717) is 13.1 Å². The van der Waals surface area contributed by atoms with Gasteiger partial charge < -0.3 is 15.3 Å². The number of β-amino-alcohol motifs (C(OH)–C–C–N with tert-alkyl or cyclic N) is 1. The average Bonchev–Trinajstić information content (AvgIpc) is 2.20. The zero-order valence-electron chi connectivity index (χ0n) is 10.1. The van der Waals surface area contributed by atoms with E-state index in [1.807, 2.05) is 6.92 Å². The second kappa shape index (κ2) is 5.30. The number of aliphatic hydroxyl groups is 1. The molecule has 3 atom stereocenters. The van der Waals surface area contributed by atoms with Crippen molar-refractivity contribution in [1.29, 1.82) is 0 Å². The average molecular weight is 228 g/mol. The highest BCUT2D eigenvalue weighted by atomic mass is 16.3. The van der Waals surface area contributed by atoms with Crippen molar-refractivity contribution in [3.05, 3.63) is 0 Å². The highest BCUT2D eigenvalue weighted by Gasteiger charge is 2.29. The number of nitrogens with zero attached hydrogens (tertiary/aromatic N) is 1. The Hall–Kier alpha value is -1.10. The van der Waals surface area contributed by atoms with E-state index in [-0.39, 0.29) is 17.7 Å². The van der Waals surface area contributed by atoms with Crippen molar-refractivity contribution in [3.63, 3.8) is 0 Å². The molecule has 0 aromatic heterocycles. The van der Waals surface area contributed by atoms with E-state index in [4.69, 9.17) is 0 Å². The van der Waals surface area contributed by atoms with Gasteiger partial charge in [-0.2, -0.15) is 0 Å². The maximum Gasteiger partial charge on any atom is 0.244 e. The Morgan fingerprint density at radius 2 is 2.12 bits per heavy atom. The number of carbonyl (C=O) groups excluding carboxylic acids is 2. The normalized spacial score (nSPS) is 27.4. The van der Waals surface area contributed by atoms with Crippen molar-refractivity contribution in [2.75, 3.05) is 13.1 Å². The molecule has 5 heteroatoms. The molecule has 1 saturated heterocycles. The first-order valence-corrected chi connectivity index (χ1v) is 5.65. The summed E-state index contributed by atoms with van der Waals surface area (Å²) in [6.07, 6.45) is 0.349. The van der Waals surface area contributed by atoms with Gasteiger partial charge in [0, 0.05) is 20.0 Å². The van der Waals surface area contributed by atoms with Gasteiger partial charge in [0.15, 0.2) is 0 Å². The Bertz CT molecular complexity index is 280. The lowest BCUT2D eigenvalue weighted by Gasteiger charge is -2.35. The molecule has 1 heterocycles. The second-order valence-electron chi connectivity index (χ2n) is 4.54. The molecule has 0 aliphatic carbocycles. The van der Waals surface area contributed by atoms with Crippen LogP contribution in [-0.2, 0) is 9.59 Å². The van der Waals surface area contributed by atoms with E-state index in [1.54, 1.807) is 11.8 Å². The third-order valence-corrected chi connectivity index (χ3v) is 3.02. The van der Waals surface area contributed by atoms with E-state index in [9.17, 15) is 14.7 Å². The summed E-state index contributed by atoms with van der Waals surface area (Å²) < 4.78 is 0. The number of likely N-dealkylation sites (tertiary alicyclic amines) is 1. The van der Waals surface area contributed by atoms with Crippen LogP contribution in [-0.4, -0.2) is 47.1 Å². The summed E-state index contributed by atoms with van der Waals surface area (Å²) in [5, 5.41) is 12.2. The number of nitrogens with one attached hydrogen (secondary N) is 1. The number of hydrogen-bond donors (Lipinski definition) is 2. The van der Waals surface area contributed by atoms with E-state index in [2.05, 4.69) is 5.32 Å². The summed E-state index contributed by atoms with van der Waals surface area (Å²) in [7, 11) is 0. The molecule has 1 fully saturated rings.